The Hall–Kier alpha value is -1.13. The first-order valence-electron chi connectivity index (χ1n) is 6.98. The smallest absolute Gasteiger partial charge is 0.246 e. The first-order chi connectivity index (χ1) is 9.22. The SMILES string of the molecule is NC1CC[C@@H]2CN(C(=O)/C=C/c3cccs3)C[C@@H]2C1. The van der Waals surface area contributed by atoms with E-state index in [-0.39, 0.29) is 5.91 Å². The molecule has 1 saturated heterocycles. The summed E-state index contributed by atoms with van der Waals surface area (Å²) in [6.07, 6.45) is 7.02. The fourth-order valence-electron chi connectivity index (χ4n) is 3.29. The predicted octanol–water partition coefficient (Wildman–Crippen LogP) is 2.35. The number of hydrogen-bond acceptors (Lipinski definition) is 3. The second kappa shape index (κ2) is 5.47. The molecule has 2 heterocycles. The molecule has 2 aliphatic rings. The van der Waals surface area contributed by atoms with Crippen molar-refractivity contribution >= 4 is 23.3 Å². The van der Waals surface area contributed by atoms with Gasteiger partial charge in [0, 0.05) is 30.1 Å². The van der Waals surface area contributed by atoms with E-state index in [0.29, 0.717) is 17.9 Å². The van der Waals surface area contributed by atoms with Gasteiger partial charge in [-0.25, -0.2) is 0 Å². The van der Waals surface area contributed by atoms with Crippen LogP contribution in [0.25, 0.3) is 6.08 Å². The number of carbonyl (C=O) groups is 1. The Morgan fingerprint density at radius 2 is 2.21 bits per heavy atom. The Morgan fingerprint density at radius 3 is 3.00 bits per heavy atom. The van der Waals surface area contributed by atoms with Gasteiger partial charge in [0.15, 0.2) is 0 Å². The van der Waals surface area contributed by atoms with Crippen molar-refractivity contribution in [3.8, 4) is 0 Å². The van der Waals surface area contributed by atoms with Crippen molar-refractivity contribution in [1.29, 1.82) is 0 Å². The zero-order chi connectivity index (χ0) is 13.2. The lowest BCUT2D eigenvalue weighted by atomic mass is 9.79. The van der Waals surface area contributed by atoms with Crippen LogP contribution in [0.3, 0.4) is 0 Å². The summed E-state index contributed by atoms with van der Waals surface area (Å²) in [5.74, 6) is 1.46. The largest absolute Gasteiger partial charge is 0.339 e. The number of amides is 1. The molecule has 0 aromatic carbocycles. The number of likely N-dealkylation sites (tertiary alicyclic amines) is 1. The molecule has 0 spiro atoms. The molecule has 2 fully saturated rings. The third-order valence-corrected chi connectivity index (χ3v) is 5.17. The van der Waals surface area contributed by atoms with Crippen LogP contribution in [0.2, 0.25) is 0 Å². The lowest BCUT2D eigenvalue weighted by Crippen LogP contribution is -2.32. The van der Waals surface area contributed by atoms with Gasteiger partial charge in [-0.1, -0.05) is 6.07 Å². The van der Waals surface area contributed by atoms with E-state index in [1.54, 1.807) is 17.4 Å². The van der Waals surface area contributed by atoms with Crippen LogP contribution >= 0.6 is 11.3 Å². The van der Waals surface area contributed by atoms with E-state index >= 15 is 0 Å². The predicted molar refractivity (Wildman–Crippen MR) is 78.7 cm³/mol. The zero-order valence-corrected chi connectivity index (χ0v) is 11.8. The van der Waals surface area contributed by atoms with Crippen molar-refractivity contribution in [1.82, 2.24) is 4.90 Å². The monoisotopic (exact) mass is 276 g/mol. The van der Waals surface area contributed by atoms with Crippen molar-refractivity contribution in [2.24, 2.45) is 17.6 Å². The van der Waals surface area contributed by atoms with Gasteiger partial charge in [0.2, 0.25) is 5.91 Å². The molecule has 3 atom stereocenters. The van der Waals surface area contributed by atoms with Gasteiger partial charge in [-0.15, -0.1) is 11.3 Å². The summed E-state index contributed by atoms with van der Waals surface area (Å²) in [5, 5.41) is 2.02. The highest BCUT2D eigenvalue weighted by Gasteiger charge is 2.37. The lowest BCUT2D eigenvalue weighted by Gasteiger charge is -2.27. The maximum atomic E-state index is 12.2. The van der Waals surface area contributed by atoms with E-state index in [0.717, 1.165) is 30.8 Å². The third-order valence-electron chi connectivity index (χ3n) is 4.34. The molecule has 1 aliphatic heterocycles. The van der Waals surface area contributed by atoms with Crippen molar-refractivity contribution in [3.05, 3.63) is 28.5 Å². The number of rotatable bonds is 2. The standard InChI is InChI=1S/C15H20N2OS/c16-13-4-3-11-9-17(10-12(11)8-13)15(18)6-5-14-2-1-7-19-14/h1-2,5-7,11-13H,3-4,8-10,16H2/b6-5+/t11-,12+,13?/m1/s1. The highest BCUT2D eigenvalue weighted by Crippen LogP contribution is 2.35. The molecule has 19 heavy (non-hydrogen) atoms. The summed E-state index contributed by atoms with van der Waals surface area (Å²) < 4.78 is 0. The minimum atomic E-state index is 0.149. The molecule has 3 nitrogen and oxygen atoms in total. The highest BCUT2D eigenvalue weighted by atomic mass is 32.1. The number of hydrogen-bond donors (Lipinski definition) is 1. The molecule has 1 aliphatic carbocycles. The number of thiophene rings is 1. The molecule has 2 N–H and O–H groups in total. The lowest BCUT2D eigenvalue weighted by molar-refractivity contribution is -0.125. The molecule has 0 bridgehead atoms. The van der Waals surface area contributed by atoms with Gasteiger partial charge < -0.3 is 10.6 Å². The quantitative estimate of drug-likeness (QED) is 0.843. The molecular weight excluding hydrogens is 256 g/mol. The summed E-state index contributed by atoms with van der Waals surface area (Å²) in [7, 11) is 0. The molecule has 1 unspecified atom stereocenters. The molecule has 1 amide bonds. The van der Waals surface area contributed by atoms with Crippen LogP contribution in [-0.2, 0) is 4.79 Å². The number of fused-ring (bicyclic) bond motifs is 1. The normalized spacial score (nSPS) is 30.8. The van der Waals surface area contributed by atoms with Crippen molar-refractivity contribution in [2.45, 2.75) is 25.3 Å². The fraction of sp³-hybridized carbons (Fsp3) is 0.533. The number of carbonyl (C=O) groups excluding carboxylic acids is 1. The Labute approximate surface area is 118 Å². The van der Waals surface area contributed by atoms with Crippen LogP contribution in [0, 0.1) is 11.8 Å². The number of nitrogens with zero attached hydrogens (tertiary/aromatic N) is 1. The maximum Gasteiger partial charge on any atom is 0.246 e. The Morgan fingerprint density at radius 1 is 1.37 bits per heavy atom. The van der Waals surface area contributed by atoms with Gasteiger partial charge in [-0.3, -0.25) is 4.79 Å². The minimum absolute atomic E-state index is 0.149. The Bertz CT molecular complexity index is 468. The van der Waals surface area contributed by atoms with E-state index in [1.165, 1.54) is 6.42 Å². The van der Waals surface area contributed by atoms with Crippen molar-refractivity contribution in [3.63, 3.8) is 0 Å². The number of nitrogens with two attached hydrogens (primary N) is 1. The van der Waals surface area contributed by atoms with E-state index in [2.05, 4.69) is 0 Å². The van der Waals surface area contributed by atoms with Gasteiger partial charge >= 0.3 is 0 Å². The molecule has 3 rings (SSSR count). The van der Waals surface area contributed by atoms with Crippen LogP contribution in [0.1, 0.15) is 24.1 Å². The molecule has 1 aromatic heterocycles. The molecule has 4 heteroatoms. The minimum Gasteiger partial charge on any atom is -0.339 e. The summed E-state index contributed by atoms with van der Waals surface area (Å²) in [6, 6.07) is 4.37. The van der Waals surface area contributed by atoms with Crippen molar-refractivity contribution in [2.75, 3.05) is 13.1 Å². The summed E-state index contributed by atoms with van der Waals surface area (Å²) in [6.45, 7) is 1.82. The van der Waals surface area contributed by atoms with Crippen molar-refractivity contribution < 1.29 is 4.79 Å². The van der Waals surface area contributed by atoms with Gasteiger partial charge in [-0.05, 0) is 48.6 Å². The van der Waals surface area contributed by atoms with Crippen LogP contribution in [-0.4, -0.2) is 29.9 Å². The van der Waals surface area contributed by atoms with Gasteiger partial charge in [0.25, 0.3) is 0 Å². The molecule has 1 saturated carbocycles. The van der Waals surface area contributed by atoms with E-state index in [9.17, 15) is 4.79 Å². The maximum absolute atomic E-state index is 12.2. The van der Waals surface area contributed by atoms with E-state index in [1.807, 2.05) is 28.5 Å². The van der Waals surface area contributed by atoms with Gasteiger partial charge in [-0.2, -0.15) is 0 Å². The van der Waals surface area contributed by atoms with Gasteiger partial charge in [0.1, 0.15) is 0 Å². The summed E-state index contributed by atoms with van der Waals surface area (Å²) in [4.78, 5) is 15.3. The van der Waals surface area contributed by atoms with Gasteiger partial charge in [0.05, 0.1) is 0 Å². The molecule has 102 valence electrons. The van der Waals surface area contributed by atoms with Crippen LogP contribution < -0.4 is 5.73 Å². The van der Waals surface area contributed by atoms with Crippen LogP contribution in [0.4, 0.5) is 0 Å². The Balaban J connectivity index is 1.60. The first-order valence-corrected chi connectivity index (χ1v) is 7.86. The topological polar surface area (TPSA) is 46.3 Å². The average molecular weight is 276 g/mol. The highest BCUT2D eigenvalue weighted by molar-refractivity contribution is 7.10. The zero-order valence-electron chi connectivity index (χ0n) is 11.0. The van der Waals surface area contributed by atoms with Crippen LogP contribution in [0.15, 0.2) is 23.6 Å². The third kappa shape index (κ3) is 2.90. The second-order valence-corrected chi connectivity index (χ2v) is 6.66. The van der Waals surface area contributed by atoms with E-state index in [4.69, 9.17) is 5.73 Å². The second-order valence-electron chi connectivity index (χ2n) is 5.69. The van der Waals surface area contributed by atoms with E-state index < -0.39 is 0 Å². The summed E-state index contributed by atoms with van der Waals surface area (Å²) >= 11 is 1.65. The molecular formula is C15H20N2OS. The first kappa shape index (κ1) is 12.9. The Kier molecular flexibility index (Phi) is 3.71. The summed E-state index contributed by atoms with van der Waals surface area (Å²) in [5.41, 5.74) is 6.02. The fourth-order valence-corrected chi connectivity index (χ4v) is 3.91. The molecule has 0 radical (unpaired) electrons. The average Bonchev–Trinajstić information content (AvgIpc) is 3.04. The molecule has 1 aromatic rings. The van der Waals surface area contributed by atoms with Crippen LogP contribution in [0.5, 0.6) is 0 Å².